The Bertz CT molecular complexity index is 369. The van der Waals surface area contributed by atoms with Crippen molar-refractivity contribution in [3.05, 3.63) is 29.3 Å². The number of ether oxygens (including phenoxy) is 1. The third-order valence-corrected chi connectivity index (χ3v) is 2.34. The van der Waals surface area contributed by atoms with Crippen LogP contribution in [-0.2, 0) is 0 Å². The van der Waals surface area contributed by atoms with Gasteiger partial charge >= 0.3 is 5.97 Å². The van der Waals surface area contributed by atoms with E-state index in [1.807, 2.05) is 13.0 Å². The van der Waals surface area contributed by atoms with E-state index in [4.69, 9.17) is 9.84 Å². The topological polar surface area (TPSA) is 46.5 Å². The lowest BCUT2D eigenvalue weighted by Crippen LogP contribution is -2.03. The number of carboxylic acids is 1. The number of benzene rings is 1. The average molecular weight is 222 g/mol. The molecule has 0 saturated carbocycles. The molecule has 0 aliphatic rings. The number of rotatable bonds is 5. The number of carboxylic acid groups (broad SMARTS) is 1. The van der Waals surface area contributed by atoms with Crippen LogP contribution < -0.4 is 4.74 Å². The first-order valence-corrected chi connectivity index (χ1v) is 5.56. The number of aromatic carboxylic acids is 1. The molecule has 1 aromatic rings. The quantitative estimate of drug-likeness (QED) is 0.831. The van der Waals surface area contributed by atoms with Crippen LogP contribution >= 0.6 is 0 Å². The van der Waals surface area contributed by atoms with Crippen LogP contribution in [-0.4, -0.2) is 17.7 Å². The summed E-state index contributed by atoms with van der Waals surface area (Å²) in [7, 11) is 0. The first-order valence-electron chi connectivity index (χ1n) is 5.56. The van der Waals surface area contributed by atoms with Crippen molar-refractivity contribution in [3.63, 3.8) is 0 Å². The van der Waals surface area contributed by atoms with Crippen LogP contribution in [0.15, 0.2) is 18.2 Å². The summed E-state index contributed by atoms with van der Waals surface area (Å²) in [6.45, 7) is 6.77. The Hall–Kier alpha value is -1.51. The maximum absolute atomic E-state index is 10.9. The highest BCUT2D eigenvalue weighted by Crippen LogP contribution is 2.27. The summed E-state index contributed by atoms with van der Waals surface area (Å²) in [5, 5.41) is 8.91. The van der Waals surface area contributed by atoms with Gasteiger partial charge in [-0.1, -0.05) is 26.8 Å². The van der Waals surface area contributed by atoms with Crippen molar-refractivity contribution in [3.8, 4) is 5.75 Å². The second-order valence-corrected chi connectivity index (χ2v) is 4.06. The molecule has 0 unspecified atom stereocenters. The third-order valence-electron chi connectivity index (χ3n) is 2.34. The van der Waals surface area contributed by atoms with Crippen LogP contribution in [0.4, 0.5) is 0 Å². The Balaban J connectivity index is 3.05. The summed E-state index contributed by atoms with van der Waals surface area (Å²) in [5.74, 6) is 0.100. The van der Waals surface area contributed by atoms with E-state index >= 15 is 0 Å². The zero-order valence-corrected chi connectivity index (χ0v) is 9.99. The molecule has 0 radical (unpaired) electrons. The van der Waals surface area contributed by atoms with Gasteiger partial charge < -0.3 is 9.84 Å². The average Bonchev–Trinajstić information content (AvgIpc) is 2.25. The molecule has 1 aromatic carbocycles. The standard InChI is InChI=1S/C13H18O3/c1-4-7-16-12-8-10(13(14)15)5-6-11(12)9(2)3/h5-6,8-9H,4,7H2,1-3H3,(H,14,15). The van der Waals surface area contributed by atoms with Gasteiger partial charge in [-0.2, -0.15) is 0 Å². The lowest BCUT2D eigenvalue weighted by Gasteiger charge is -2.14. The van der Waals surface area contributed by atoms with Crippen molar-refractivity contribution in [2.24, 2.45) is 0 Å². The fourth-order valence-electron chi connectivity index (χ4n) is 1.48. The zero-order chi connectivity index (χ0) is 12.1. The lowest BCUT2D eigenvalue weighted by atomic mass is 10.0. The van der Waals surface area contributed by atoms with Gasteiger partial charge in [0.2, 0.25) is 0 Å². The molecular weight excluding hydrogens is 204 g/mol. The monoisotopic (exact) mass is 222 g/mol. The van der Waals surface area contributed by atoms with Gasteiger partial charge in [0.05, 0.1) is 12.2 Å². The van der Waals surface area contributed by atoms with Gasteiger partial charge in [0, 0.05) is 0 Å². The minimum atomic E-state index is -0.920. The molecule has 0 aromatic heterocycles. The molecule has 0 saturated heterocycles. The molecule has 0 heterocycles. The second-order valence-electron chi connectivity index (χ2n) is 4.06. The van der Waals surface area contributed by atoms with Gasteiger partial charge in [0.1, 0.15) is 5.75 Å². The van der Waals surface area contributed by atoms with Crippen molar-refractivity contribution < 1.29 is 14.6 Å². The van der Waals surface area contributed by atoms with Gasteiger partial charge in [-0.25, -0.2) is 4.79 Å². The molecular formula is C13H18O3. The van der Waals surface area contributed by atoms with Crippen molar-refractivity contribution in [2.75, 3.05) is 6.61 Å². The van der Waals surface area contributed by atoms with Gasteiger partial charge in [0.25, 0.3) is 0 Å². The van der Waals surface area contributed by atoms with Crippen molar-refractivity contribution >= 4 is 5.97 Å². The Morgan fingerprint density at radius 1 is 1.44 bits per heavy atom. The van der Waals surface area contributed by atoms with E-state index in [0.717, 1.165) is 12.0 Å². The summed E-state index contributed by atoms with van der Waals surface area (Å²) in [4.78, 5) is 10.9. The van der Waals surface area contributed by atoms with Crippen molar-refractivity contribution in [1.82, 2.24) is 0 Å². The van der Waals surface area contributed by atoms with Crippen LogP contribution in [0.25, 0.3) is 0 Å². The van der Waals surface area contributed by atoms with Crippen molar-refractivity contribution in [1.29, 1.82) is 0 Å². The molecule has 1 N–H and O–H groups in total. The van der Waals surface area contributed by atoms with E-state index in [0.29, 0.717) is 18.3 Å². The number of hydrogen-bond acceptors (Lipinski definition) is 2. The van der Waals surface area contributed by atoms with Crippen molar-refractivity contribution in [2.45, 2.75) is 33.1 Å². The first kappa shape index (κ1) is 12.6. The van der Waals surface area contributed by atoms with Gasteiger partial charge in [-0.05, 0) is 30.0 Å². The Kier molecular flexibility index (Phi) is 4.35. The first-order chi connectivity index (χ1) is 7.56. The SMILES string of the molecule is CCCOc1cc(C(=O)O)ccc1C(C)C. The minimum absolute atomic E-state index is 0.274. The summed E-state index contributed by atoms with van der Waals surface area (Å²) in [6.07, 6.45) is 0.912. The van der Waals surface area contributed by atoms with Crippen LogP contribution in [0.5, 0.6) is 5.75 Å². The molecule has 88 valence electrons. The number of hydrogen-bond donors (Lipinski definition) is 1. The highest BCUT2D eigenvalue weighted by molar-refractivity contribution is 5.88. The van der Waals surface area contributed by atoms with Gasteiger partial charge in [-0.15, -0.1) is 0 Å². The largest absolute Gasteiger partial charge is 0.493 e. The molecule has 0 amide bonds. The van der Waals surface area contributed by atoms with E-state index in [9.17, 15) is 4.79 Å². The summed E-state index contributed by atoms with van der Waals surface area (Å²) in [6, 6.07) is 5.06. The second kappa shape index (κ2) is 5.54. The van der Waals surface area contributed by atoms with Crippen LogP contribution in [0.2, 0.25) is 0 Å². The summed E-state index contributed by atoms with van der Waals surface area (Å²) < 4.78 is 5.58. The van der Waals surface area contributed by atoms with E-state index in [1.54, 1.807) is 12.1 Å². The Morgan fingerprint density at radius 3 is 2.62 bits per heavy atom. The van der Waals surface area contributed by atoms with E-state index < -0.39 is 5.97 Å². The fraction of sp³-hybridized carbons (Fsp3) is 0.462. The van der Waals surface area contributed by atoms with Gasteiger partial charge in [-0.3, -0.25) is 0 Å². The van der Waals surface area contributed by atoms with Crippen LogP contribution in [0.1, 0.15) is 49.0 Å². The smallest absolute Gasteiger partial charge is 0.335 e. The third kappa shape index (κ3) is 2.99. The molecule has 1 rings (SSSR count). The van der Waals surface area contributed by atoms with Crippen LogP contribution in [0, 0.1) is 0 Å². The molecule has 0 bridgehead atoms. The molecule has 0 aliphatic carbocycles. The minimum Gasteiger partial charge on any atom is -0.493 e. The lowest BCUT2D eigenvalue weighted by molar-refractivity contribution is 0.0696. The van der Waals surface area contributed by atoms with E-state index in [2.05, 4.69) is 13.8 Å². The molecule has 0 spiro atoms. The Labute approximate surface area is 96.1 Å². The highest BCUT2D eigenvalue weighted by atomic mass is 16.5. The molecule has 0 fully saturated rings. The zero-order valence-electron chi connectivity index (χ0n) is 9.99. The molecule has 0 aliphatic heterocycles. The summed E-state index contributed by atoms with van der Waals surface area (Å²) >= 11 is 0. The molecule has 3 nitrogen and oxygen atoms in total. The van der Waals surface area contributed by atoms with E-state index in [-0.39, 0.29) is 5.56 Å². The normalized spacial score (nSPS) is 10.5. The van der Waals surface area contributed by atoms with Crippen LogP contribution in [0.3, 0.4) is 0 Å². The van der Waals surface area contributed by atoms with E-state index in [1.165, 1.54) is 0 Å². The fourth-order valence-corrected chi connectivity index (χ4v) is 1.48. The predicted octanol–water partition coefficient (Wildman–Crippen LogP) is 3.30. The maximum Gasteiger partial charge on any atom is 0.335 e. The Morgan fingerprint density at radius 2 is 2.12 bits per heavy atom. The maximum atomic E-state index is 10.9. The molecule has 0 atom stereocenters. The predicted molar refractivity (Wildman–Crippen MR) is 63.3 cm³/mol. The molecule has 3 heteroatoms. The van der Waals surface area contributed by atoms with Gasteiger partial charge in [0.15, 0.2) is 0 Å². The number of carbonyl (C=O) groups is 1. The summed E-state index contributed by atoms with van der Waals surface area (Å²) in [5.41, 5.74) is 1.33. The molecule has 16 heavy (non-hydrogen) atoms. The highest BCUT2D eigenvalue weighted by Gasteiger charge is 2.11.